The third kappa shape index (κ3) is 3.64. The van der Waals surface area contributed by atoms with Crippen molar-refractivity contribution in [2.45, 2.75) is 12.1 Å². The van der Waals surface area contributed by atoms with Gasteiger partial charge in [-0.05, 0) is 6.92 Å². The van der Waals surface area contributed by atoms with Crippen LogP contribution in [-0.4, -0.2) is 31.0 Å². The van der Waals surface area contributed by atoms with Crippen molar-refractivity contribution in [2.75, 3.05) is 5.75 Å². The van der Waals surface area contributed by atoms with Gasteiger partial charge >= 0.3 is 0 Å². The second-order valence-electron chi connectivity index (χ2n) is 4.92. The van der Waals surface area contributed by atoms with Crippen LogP contribution < -0.4 is 0 Å². The van der Waals surface area contributed by atoms with Crippen molar-refractivity contribution in [3.8, 4) is 17.3 Å². The predicted molar refractivity (Wildman–Crippen MR) is 94.6 cm³/mol. The van der Waals surface area contributed by atoms with E-state index in [1.807, 2.05) is 42.6 Å². The van der Waals surface area contributed by atoms with Crippen molar-refractivity contribution in [1.82, 2.24) is 20.2 Å². The van der Waals surface area contributed by atoms with Crippen LogP contribution in [0.2, 0.25) is 0 Å². The summed E-state index contributed by atoms with van der Waals surface area (Å²) in [6.45, 7) is 2.02. The average molecular weight is 355 g/mol. The molecule has 2 heterocycles. The fourth-order valence-corrected chi connectivity index (χ4v) is 3.46. The molecule has 120 valence electrons. The molecule has 1 aromatic carbocycles. The number of nitrogens with one attached hydrogen (secondary N) is 1. The van der Waals surface area contributed by atoms with Crippen LogP contribution in [0.1, 0.15) is 10.6 Å². The third-order valence-corrected chi connectivity index (χ3v) is 4.95. The van der Waals surface area contributed by atoms with Crippen molar-refractivity contribution in [2.24, 2.45) is 0 Å². The molecule has 0 unspecified atom stereocenters. The Labute approximate surface area is 146 Å². The number of allylic oxidation sites excluding steroid dienone is 1. The Morgan fingerprint density at radius 2 is 2.17 bits per heavy atom. The first kappa shape index (κ1) is 16.2. The molecule has 3 aromatic rings. The number of nitrogens with zero attached hydrogens (tertiary/aromatic N) is 4. The number of rotatable bonds is 5. The minimum atomic E-state index is -0.0243. The summed E-state index contributed by atoms with van der Waals surface area (Å²) >= 11 is 2.60. The van der Waals surface area contributed by atoms with E-state index in [9.17, 15) is 10.4 Å². The van der Waals surface area contributed by atoms with E-state index in [0.717, 1.165) is 11.3 Å². The Balaban J connectivity index is 1.82. The van der Waals surface area contributed by atoms with E-state index >= 15 is 0 Å². The highest BCUT2D eigenvalue weighted by Crippen LogP contribution is 2.28. The summed E-state index contributed by atoms with van der Waals surface area (Å²) in [4.78, 5) is 8.44. The molecule has 0 saturated heterocycles. The third-order valence-electron chi connectivity index (χ3n) is 3.20. The lowest BCUT2D eigenvalue weighted by atomic mass is 10.1. The molecule has 2 aromatic heterocycles. The van der Waals surface area contributed by atoms with E-state index < -0.39 is 0 Å². The van der Waals surface area contributed by atoms with E-state index in [-0.39, 0.29) is 17.1 Å². The zero-order valence-electron chi connectivity index (χ0n) is 12.7. The van der Waals surface area contributed by atoms with Crippen molar-refractivity contribution in [3.63, 3.8) is 0 Å². The summed E-state index contributed by atoms with van der Waals surface area (Å²) in [6.07, 6.45) is 1.39. The molecule has 0 aliphatic heterocycles. The number of thioether (sulfide) groups is 1. The number of aromatic nitrogens is 4. The van der Waals surface area contributed by atoms with Gasteiger partial charge in [-0.15, -0.1) is 11.3 Å². The summed E-state index contributed by atoms with van der Waals surface area (Å²) in [5, 5.41) is 29.0. The maximum absolute atomic E-state index is 10.2. The summed E-state index contributed by atoms with van der Waals surface area (Å²) < 4.78 is 0. The Morgan fingerprint density at radius 3 is 2.83 bits per heavy atom. The quantitative estimate of drug-likeness (QED) is 0.410. The van der Waals surface area contributed by atoms with Crippen molar-refractivity contribution >= 4 is 28.7 Å². The fraction of sp³-hybridized carbons (Fsp3) is 0.125. The van der Waals surface area contributed by atoms with Crippen LogP contribution in [-0.2, 0) is 0 Å². The normalized spacial score (nSPS) is 11.8. The highest BCUT2D eigenvalue weighted by Gasteiger charge is 2.14. The van der Waals surface area contributed by atoms with Gasteiger partial charge in [0.2, 0.25) is 0 Å². The Kier molecular flexibility index (Phi) is 4.93. The number of aliphatic hydroxyl groups is 1. The Morgan fingerprint density at radius 1 is 1.38 bits per heavy atom. The monoisotopic (exact) mass is 355 g/mol. The molecule has 0 aliphatic rings. The van der Waals surface area contributed by atoms with Gasteiger partial charge in [0.05, 0.1) is 11.4 Å². The lowest BCUT2D eigenvalue weighted by molar-refractivity contribution is 0.420. The Bertz CT molecular complexity index is 891. The molecule has 2 N–H and O–H groups in total. The van der Waals surface area contributed by atoms with Gasteiger partial charge in [-0.2, -0.15) is 10.4 Å². The molecule has 3 rings (SSSR count). The first-order valence-electron chi connectivity index (χ1n) is 7.00. The van der Waals surface area contributed by atoms with Crippen LogP contribution in [0, 0.1) is 18.3 Å². The van der Waals surface area contributed by atoms with Gasteiger partial charge < -0.3 is 5.11 Å². The van der Waals surface area contributed by atoms with Crippen molar-refractivity contribution < 1.29 is 5.11 Å². The summed E-state index contributed by atoms with van der Waals surface area (Å²) in [5.74, 6) is 0.195. The number of benzene rings is 1. The van der Waals surface area contributed by atoms with E-state index in [4.69, 9.17) is 0 Å². The summed E-state index contributed by atoms with van der Waals surface area (Å²) in [6, 6.07) is 10.0. The first-order chi connectivity index (χ1) is 11.7. The number of thiazole rings is 1. The molecule has 0 fully saturated rings. The van der Waals surface area contributed by atoms with Crippen LogP contribution in [0.5, 0.6) is 0 Å². The van der Waals surface area contributed by atoms with Crippen LogP contribution >= 0.6 is 23.1 Å². The van der Waals surface area contributed by atoms with Gasteiger partial charge in [0.1, 0.15) is 28.7 Å². The fourth-order valence-electron chi connectivity index (χ4n) is 1.95. The number of nitriles is 1. The highest BCUT2D eigenvalue weighted by molar-refractivity contribution is 7.99. The lowest BCUT2D eigenvalue weighted by Crippen LogP contribution is -1.93. The first-order valence-corrected chi connectivity index (χ1v) is 8.87. The smallest absolute Gasteiger partial charge is 0.183 e. The highest BCUT2D eigenvalue weighted by atomic mass is 32.2. The number of hydrogen-bond donors (Lipinski definition) is 2. The topological polar surface area (TPSA) is 98.5 Å². The molecule has 0 spiro atoms. The van der Waals surface area contributed by atoms with E-state index in [1.165, 1.54) is 35.0 Å². The average Bonchev–Trinajstić information content (AvgIpc) is 3.26. The molecule has 0 radical (unpaired) electrons. The molecule has 0 amide bonds. The van der Waals surface area contributed by atoms with E-state index in [2.05, 4.69) is 20.2 Å². The van der Waals surface area contributed by atoms with Crippen LogP contribution in [0.4, 0.5) is 0 Å². The van der Waals surface area contributed by atoms with Crippen molar-refractivity contribution in [1.29, 1.82) is 5.26 Å². The second kappa shape index (κ2) is 7.29. The van der Waals surface area contributed by atoms with Gasteiger partial charge in [-0.25, -0.2) is 9.97 Å². The van der Waals surface area contributed by atoms with Crippen LogP contribution in [0.15, 0.2) is 46.9 Å². The Hall–Kier alpha value is -2.63. The molecular formula is C16H13N5OS2. The largest absolute Gasteiger partial charge is 0.510 e. The standard InChI is InChI=1S/C16H13N5OS2/c1-10-2-4-11(5-3-10)13-7-23-15(20-13)12(6-17)14(22)8-24-16-18-9-19-21-16/h2-5,7,9,22H,8H2,1H3,(H,18,19,21)/b14-12-. The molecule has 0 aliphatic carbocycles. The van der Waals surface area contributed by atoms with Gasteiger partial charge in [-0.3, -0.25) is 5.10 Å². The molecule has 24 heavy (non-hydrogen) atoms. The zero-order valence-corrected chi connectivity index (χ0v) is 14.4. The molecule has 0 bridgehead atoms. The number of aliphatic hydroxyl groups excluding tert-OH is 1. The summed E-state index contributed by atoms with van der Waals surface area (Å²) in [7, 11) is 0. The molecule has 8 heteroatoms. The van der Waals surface area contributed by atoms with E-state index in [0.29, 0.717) is 10.2 Å². The van der Waals surface area contributed by atoms with Gasteiger partial charge in [0.25, 0.3) is 0 Å². The second-order valence-corrected chi connectivity index (χ2v) is 6.74. The lowest BCUT2D eigenvalue weighted by Gasteiger charge is -2.01. The number of aromatic amines is 1. The molecule has 0 saturated carbocycles. The van der Waals surface area contributed by atoms with Crippen LogP contribution in [0.3, 0.4) is 0 Å². The van der Waals surface area contributed by atoms with Gasteiger partial charge in [0.15, 0.2) is 5.16 Å². The minimum Gasteiger partial charge on any atom is -0.510 e. The molecule has 6 nitrogen and oxygen atoms in total. The maximum Gasteiger partial charge on any atom is 0.183 e. The number of H-pyrrole nitrogens is 1. The molecule has 0 atom stereocenters. The van der Waals surface area contributed by atoms with Crippen LogP contribution in [0.25, 0.3) is 16.8 Å². The van der Waals surface area contributed by atoms with Crippen molar-refractivity contribution in [3.05, 3.63) is 52.3 Å². The maximum atomic E-state index is 10.2. The van der Waals surface area contributed by atoms with Gasteiger partial charge in [0, 0.05) is 10.9 Å². The molecular weight excluding hydrogens is 342 g/mol. The van der Waals surface area contributed by atoms with E-state index in [1.54, 1.807) is 0 Å². The SMILES string of the molecule is Cc1ccc(-c2csc(/C(C#N)=C(\O)CSc3ncn[nH]3)n2)cc1. The van der Waals surface area contributed by atoms with Gasteiger partial charge in [-0.1, -0.05) is 41.6 Å². The minimum absolute atomic E-state index is 0.0243. The zero-order chi connectivity index (χ0) is 16.9. The summed E-state index contributed by atoms with van der Waals surface area (Å²) in [5.41, 5.74) is 3.13. The number of hydrogen-bond acceptors (Lipinski definition) is 7. The predicted octanol–water partition coefficient (Wildman–Crippen LogP) is 3.82. The number of aryl methyl sites for hydroxylation is 1.